The number of non-ortho nitro benzene ring substituents is 1. The van der Waals surface area contributed by atoms with Crippen molar-refractivity contribution in [3.8, 4) is 11.5 Å². The zero-order valence-electron chi connectivity index (χ0n) is 14.7. The zero-order chi connectivity index (χ0) is 19.6. The summed E-state index contributed by atoms with van der Waals surface area (Å²) < 4.78 is 10.6. The molecular formula is C18H17N3O6. The van der Waals surface area contributed by atoms with Gasteiger partial charge in [0, 0.05) is 35.5 Å². The number of ether oxygens (including phenoxy) is 2. The number of anilines is 1. The van der Waals surface area contributed by atoms with Crippen LogP contribution >= 0.6 is 0 Å². The molecule has 2 aromatic carbocycles. The Labute approximate surface area is 153 Å². The van der Waals surface area contributed by atoms with Gasteiger partial charge in [0.25, 0.3) is 5.69 Å². The number of nitrogens with zero attached hydrogens (tertiary/aromatic N) is 2. The number of rotatable bonds is 7. The lowest BCUT2D eigenvalue weighted by molar-refractivity contribution is -0.384. The summed E-state index contributed by atoms with van der Waals surface area (Å²) in [5, 5.41) is 24.4. The maximum absolute atomic E-state index is 11.1. The number of hydrogen-bond acceptors (Lipinski definition) is 7. The SMILES string of the molecule is COc1cc2nc3cc([N+](=O)[O-])ccc3c(NCCC(=O)O)c2cc1OC. The second kappa shape index (κ2) is 7.32. The molecule has 0 radical (unpaired) electrons. The number of aliphatic carboxylic acids is 1. The van der Waals surface area contributed by atoms with Crippen LogP contribution in [0.3, 0.4) is 0 Å². The van der Waals surface area contributed by atoms with Crippen molar-refractivity contribution in [2.45, 2.75) is 6.42 Å². The molecule has 0 atom stereocenters. The van der Waals surface area contributed by atoms with Gasteiger partial charge in [-0.05, 0) is 12.1 Å². The Morgan fingerprint density at radius 1 is 1.15 bits per heavy atom. The molecule has 0 spiro atoms. The monoisotopic (exact) mass is 371 g/mol. The van der Waals surface area contributed by atoms with E-state index in [4.69, 9.17) is 14.6 Å². The molecule has 2 N–H and O–H groups in total. The van der Waals surface area contributed by atoms with Crippen molar-refractivity contribution in [1.29, 1.82) is 0 Å². The zero-order valence-corrected chi connectivity index (χ0v) is 14.7. The van der Waals surface area contributed by atoms with Crippen LogP contribution in [-0.4, -0.2) is 41.7 Å². The lowest BCUT2D eigenvalue weighted by Crippen LogP contribution is -2.08. The van der Waals surface area contributed by atoms with E-state index in [-0.39, 0.29) is 18.7 Å². The molecule has 0 saturated heterocycles. The predicted octanol–water partition coefficient (Wildman–Crippen LogP) is 3.20. The van der Waals surface area contributed by atoms with E-state index in [2.05, 4.69) is 10.3 Å². The summed E-state index contributed by atoms with van der Waals surface area (Å²) in [5.41, 5.74) is 1.51. The number of nitro benzene ring substituents is 1. The highest BCUT2D eigenvalue weighted by molar-refractivity contribution is 6.08. The summed E-state index contributed by atoms with van der Waals surface area (Å²) in [6.07, 6.45) is -0.0778. The summed E-state index contributed by atoms with van der Waals surface area (Å²) >= 11 is 0. The third-order valence-electron chi connectivity index (χ3n) is 4.11. The largest absolute Gasteiger partial charge is 0.493 e. The maximum atomic E-state index is 11.1. The molecule has 3 aromatic rings. The molecule has 3 rings (SSSR count). The van der Waals surface area contributed by atoms with Gasteiger partial charge in [-0.2, -0.15) is 0 Å². The van der Waals surface area contributed by atoms with Crippen LogP contribution in [0.5, 0.6) is 11.5 Å². The number of aromatic nitrogens is 1. The lowest BCUT2D eigenvalue weighted by atomic mass is 10.1. The Morgan fingerprint density at radius 2 is 1.81 bits per heavy atom. The van der Waals surface area contributed by atoms with Gasteiger partial charge in [0.2, 0.25) is 0 Å². The number of hydrogen-bond donors (Lipinski definition) is 2. The Hall–Kier alpha value is -3.62. The highest BCUT2D eigenvalue weighted by Crippen LogP contribution is 2.38. The number of nitrogens with one attached hydrogen (secondary N) is 1. The van der Waals surface area contributed by atoms with Crippen molar-refractivity contribution < 1.29 is 24.3 Å². The molecule has 0 unspecified atom stereocenters. The number of carboxylic acid groups (broad SMARTS) is 1. The van der Waals surface area contributed by atoms with Crippen LogP contribution in [0.1, 0.15) is 6.42 Å². The number of carbonyl (C=O) groups is 1. The number of fused-ring (bicyclic) bond motifs is 2. The first kappa shape index (κ1) is 18.2. The molecule has 27 heavy (non-hydrogen) atoms. The minimum Gasteiger partial charge on any atom is -0.493 e. The molecule has 1 aromatic heterocycles. The molecule has 0 aliphatic carbocycles. The Kier molecular flexibility index (Phi) is 4.93. The highest BCUT2D eigenvalue weighted by atomic mass is 16.6. The Balaban J connectivity index is 2.27. The van der Waals surface area contributed by atoms with Crippen LogP contribution in [0.4, 0.5) is 11.4 Å². The van der Waals surface area contributed by atoms with Crippen LogP contribution in [-0.2, 0) is 4.79 Å². The fourth-order valence-corrected chi connectivity index (χ4v) is 2.86. The van der Waals surface area contributed by atoms with E-state index in [1.807, 2.05) is 0 Å². The van der Waals surface area contributed by atoms with Gasteiger partial charge < -0.3 is 19.9 Å². The minimum absolute atomic E-state index is 0.0775. The van der Waals surface area contributed by atoms with E-state index in [9.17, 15) is 14.9 Å². The van der Waals surface area contributed by atoms with Crippen molar-refractivity contribution in [3.63, 3.8) is 0 Å². The van der Waals surface area contributed by atoms with E-state index in [0.29, 0.717) is 39.0 Å². The van der Waals surface area contributed by atoms with Gasteiger partial charge in [0.1, 0.15) is 0 Å². The lowest BCUT2D eigenvalue weighted by Gasteiger charge is -2.15. The summed E-state index contributed by atoms with van der Waals surface area (Å²) in [6, 6.07) is 7.78. The van der Waals surface area contributed by atoms with Gasteiger partial charge in [-0.3, -0.25) is 14.9 Å². The second-order valence-electron chi connectivity index (χ2n) is 5.74. The fourth-order valence-electron chi connectivity index (χ4n) is 2.86. The molecule has 0 aliphatic heterocycles. The van der Waals surface area contributed by atoms with Crippen LogP contribution in [0, 0.1) is 10.1 Å². The van der Waals surface area contributed by atoms with Crippen molar-refractivity contribution in [2.24, 2.45) is 0 Å². The van der Waals surface area contributed by atoms with Crippen molar-refractivity contribution in [1.82, 2.24) is 4.98 Å². The molecule has 0 fully saturated rings. The van der Waals surface area contributed by atoms with E-state index in [1.54, 1.807) is 18.2 Å². The van der Waals surface area contributed by atoms with E-state index >= 15 is 0 Å². The Bertz CT molecular complexity index is 1050. The molecule has 140 valence electrons. The van der Waals surface area contributed by atoms with Crippen LogP contribution in [0.25, 0.3) is 21.8 Å². The highest BCUT2D eigenvalue weighted by Gasteiger charge is 2.16. The van der Waals surface area contributed by atoms with Crippen molar-refractivity contribution >= 4 is 39.1 Å². The smallest absolute Gasteiger partial charge is 0.305 e. The number of pyridine rings is 1. The second-order valence-corrected chi connectivity index (χ2v) is 5.74. The van der Waals surface area contributed by atoms with E-state index in [1.165, 1.54) is 26.4 Å². The van der Waals surface area contributed by atoms with Crippen LogP contribution in [0.15, 0.2) is 30.3 Å². The number of benzene rings is 2. The molecule has 0 saturated carbocycles. The predicted molar refractivity (Wildman–Crippen MR) is 99.7 cm³/mol. The minimum atomic E-state index is -0.931. The molecule has 1 heterocycles. The topological polar surface area (TPSA) is 124 Å². The first-order chi connectivity index (χ1) is 12.9. The van der Waals surface area contributed by atoms with Gasteiger partial charge in [0.15, 0.2) is 11.5 Å². The van der Waals surface area contributed by atoms with Crippen molar-refractivity contribution in [3.05, 3.63) is 40.4 Å². The fraction of sp³-hybridized carbons (Fsp3) is 0.222. The number of methoxy groups -OCH3 is 2. The number of nitro groups is 1. The average Bonchev–Trinajstić information content (AvgIpc) is 2.65. The summed E-state index contributed by atoms with van der Waals surface area (Å²) in [6.45, 7) is 0.189. The third-order valence-corrected chi connectivity index (χ3v) is 4.11. The molecule has 9 heteroatoms. The maximum Gasteiger partial charge on any atom is 0.305 e. The molecule has 0 amide bonds. The van der Waals surface area contributed by atoms with Gasteiger partial charge >= 0.3 is 5.97 Å². The van der Waals surface area contributed by atoms with Crippen LogP contribution < -0.4 is 14.8 Å². The first-order valence-electron chi connectivity index (χ1n) is 8.04. The number of carboxylic acids is 1. The summed E-state index contributed by atoms with van der Waals surface area (Å²) in [7, 11) is 3.01. The van der Waals surface area contributed by atoms with Gasteiger partial charge in [-0.15, -0.1) is 0 Å². The molecule has 9 nitrogen and oxygen atoms in total. The average molecular weight is 371 g/mol. The first-order valence-corrected chi connectivity index (χ1v) is 8.04. The normalized spacial score (nSPS) is 10.7. The van der Waals surface area contributed by atoms with Crippen molar-refractivity contribution in [2.75, 3.05) is 26.1 Å². The van der Waals surface area contributed by atoms with Gasteiger partial charge in [0.05, 0.1) is 42.3 Å². The van der Waals surface area contributed by atoms with Gasteiger partial charge in [-0.1, -0.05) is 0 Å². The third kappa shape index (κ3) is 3.52. The van der Waals surface area contributed by atoms with Crippen LogP contribution in [0.2, 0.25) is 0 Å². The molecule has 0 bridgehead atoms. The standard InChI is InChI=1S/C18H17N3O6/c1-26-15-8-12-14(9-16(15)27-2)20-13-7-10(21(24)25)3-4-11(13)18(12)19-6-5-17(22)23/h3-4,7-9H,5-6H2,1-2H3,(H,19,20)(H,22,23). The Morgan fingerprint density at radius 3 is 2.44 bits per heavy atom. The van der Waals surface area contributed by atoms with E-state index in [0.717, 1.165) is 0 Å². The van der Waals surface area contributed by atoms with Gasteiger partial charge in [-0.25, -0.2) is 4.98 Å². The van der Waals surface area contributed by atoms with E-state index < -0.39 is 10.9 Å². The summed E-state index contributed by atoms with van der Waals surface area (Å²) in [4.78, 5) is 26.0. The summed E-state index contributed by atoms with van der Waals surface area (Å²) in [5.74, 6) is 0.0353. The molecule has 0 aliphatic rings. The molecular weight excluding hydrogens is 354 g/mol. The quantitative estimate of drug-likeness (QED) is 0.369.